The van der Waals surface area contributed by atoms with Crippen LogP contribution in [0.25, 0.3) is 0 Å². The van der Waals surface area contributed by atoms with Crippen molar-refractivity contribution >= 4 is 45.2 Å². The maximum absolute atomic E-state index is 12.2. The molecule has 0 aromatic carbocycles. The lowest BCUT2D eigenvalue weighted by molar-refractivity contribution is -0.138. The molecule has 1 aliphatic rings. The number of aliphatic carboxylic acids is 2. The van der Waals surface area contributed by atoms with Crippen LogP contribution >= 0.6 is 21.6 Å². The molecule has 1 amide bonds. The molecule has 0 unspecified atom stereocenters. The van der Waals surface area contributed by atoms with Crippen molar-refractivity contribution in [1.29, 1.82) is 0 Å². The minimum atomic E-state index is -1.03. The Bertz CT molecular complexity index is 494. The number of nitrogens with one attached hydrogen (secondary N) is 1. The Balaban J connectivity index is 2.33. The topological polar surface area (TPSA) is 121 Å². The number of carboxylic acid groups (broad SMARTS) is 2. The SMILES string of the molecule is O=C(O)CCCC(=O)[C@H](CCC(=O)O)NC(=O)CCCC[C@@H]1CCSS1. The zero-order valence-corrected chi connectivity index (χ0v) is 16.4. The largest absolute Gasteiger partial charge is 0.481 e. The van der Waals surface area contributed by atoms with Crippen LogP contribution in [-0.4, -0.2) is 50.9 Å². The molecule has 0 spiro atoms. The van der Waals surface area contributed by atoms with Gasteiger partial charge in [0.1, 0.15) is 0 Å². The van der Waals surface area contributed by atoms with Gasteiger partial charge in [0.2, 0.25) is 5.91 Å². The quantitative estimate of drug-likeness (QED) is 0.298. The highest BCUT2D eigenvalue weighted by Gasteiger charge is 2.22. The van der Waals surface area contributed by atoms with Crippen LogP contribution in [0.2, 0.25) is 0 Å². The Morgan fingerprint density at radius 3 is 2.31 bits per heavy atom. The second-order valence-corrected chi connectivity index (χ2v) is 9.13. The van der Waals surface area contributed by atoms with Gasteiger partial charge in [-0.05, 0) is 32.1 Å². The van der Waals surface area contributed by atoms with Crippen LogP contribution in [0, 0.1) is 0 Å². The summed E-state index contributed by atoms with van der Waals surface area (Å²) >= 11 is 0. The summed E-state index contributed by atoms with van der Waals surface area (Å²) in [5, 5.41) is 20.7. The molecule has 148 valence electrons. The van der Waals surface area contributed by atoms with Gasteiger partial charge in [0, 0.05) is 36.7 Å². The standard InChI is InChI=1S/C17H27NO6S2/c19-14(5-3-7-16(21)22)13(8-9-17(23)24)18-15(20)6-2-1-4-12-10-11-25-26-12/h12-13H,1-11H2,(H,18,20)(H,21,22)(H,23,24)/t12-,13+/m1/s1. The van der Waals surface area contributed by atoms with Crippen LogP contribution in [0.3, 0.4) is 0 Å². The highest BCUT2D eigenvalue weighted by molar-refractivity contribution is 8.77. The van der Waals surface area contributed by atoms with Crippen molar-refractivity contribution in [2.75, 3.05) is 5.75 Å². The van der Waals surface area contributed by atoms with Crippen molar-refractivity contribution in [3.8, 4) is 0 Å². The third-order valence-corrected chi connectivity index (χ3v) is 7.10. The van der Waals surface area contributed by atoms with Gasteiger partial charge in [-0.15, -0.1) is 0 Å². The molecule has 0 saturated carbocycles. The van der Waals surface area contributed by atoms with Crippen LogP contribution in [0.15, 0.2) is 0 Å². The monoisotopic (exact) mass is 405 g/mol. The predicted octanol–water partition coefficient (Wildman–Crippen LogP) is 2.87. The maximum atomic E-state index is 12.2. The third kappa shape index (κ3) is 10.7. The summed E-state index contributed by atoms with van der Waals surface area (Å²) in [6.07, 6.45) is 4.21. The van der Waals surface area contributed by atoms with E-state index in [1.807, 2.05) is 21.6 Å². The van der Waals surface area contributed by atoms with Crippen LogP contribution in [-0.2, 0) is 19.2 Å². The van der Waals surface area contributed by atoms with Crippen molar-refractivity contribution in [1.82, 2.24) is 5.32 Å². The fourth-order valence-corrected chi connectivity index (χ4v) is 5.69. The van der Waals surface area contributed by atoms with E-state index in [-0.39, 0.29) is 43.8 Å². The van der Waals surface area contributed by atoms with E-state index in [2.05, 4.69) is 5.32 Å². The zero-order chi connectivity index (χ0) is 19.4. The van der Waals surface area contributed by atoms with Crippen LogP contribution in [0.5, 0.6) is 0 Å². The van der Waals surface area contributed by atoms with Gasteiger partial charge in [0.25, 0.3) is 0 Å². The van der Waals surface area contributed by atoms with Crippen molar-refractivity contribution in [2.45, 2.75) is 75.5 Å². The molecule has 1 saturated heterocycles. The highest BCUT2D eigenvalue weighted by atomic mass is 33.1. The van der Waals surface area contributed by atoms with Gasteiger partial charge in [0.05, 0.1) is 6.04 Å². The van der Waals surface area contributed by atoms with Crippen molar-refractivity contribution in [2.24, 2.45) is 0 Å². The molecule has 1 heterocycles. The van der Waals surface area contributed by atoms with Crippen LogP contribution in [0.1, 0.15) is 64.2 Å². The molecule has 0 bridgehead atoms. The molecule has 3 N–H and O–H groups in total. The van der Waals surface area contributed by atoms with Gasteiger partial charge in [0.15, 0.2) is 5.78 Å². The number of amides is 1. The van der Waals surface area contributed by atoms with E-state index in [4.69, 9.17) is 10.2 Å². The van der Waals surface area contributed by atoms with E-state index < -0.39 is 18.0 Å². The molecule has 0 aromatic heterocycles. The lowest BCUT2D eigenvalue weighted by atomic mass is 10.0. The van der Waals surface area contributed by atoms with Gasteiger partial charge in [-0.1, -0.05) is 28.0 Å². The van der Waals surface area contributed by atoms with Crippen LogP contribution in [0.4, 0.5) is 0 Å². The Labute approximate surface area is 161 Å². The first kappa shape index (κ1) is 22.8. The van der Waals surface area contributed by atoms with Crippen LogP contribution < -0.4 is 5.32 Å². The maximum Gasteiger partial charge on any atom is 0.303 e. The number of hydrogen-bond acceptors (Lipinski definition) is 6. The summed E-state index contributed by atoms with van der Waals surface area (Å²) in [5.41, 5.74) is 0. The summed E-state index contributed by atoms with van der Waals surface area (Å²) in [4.78, 5) is 45.5. The molecule has 0 radical (unpaired) electrons. The van der Waals surface area contributed by atoms with Gasteiger partial charge in [-0.2, -0.15) is 0 Å². The summed E-state index contributed by atoms with van der Waals surface area (Å²) in [6, 6.07) is -0.853. The van der Waals surface area contributed by atoms with E-state index in [9.17, 15) is 19.2 Å². The molecule has 26 heavy (non-hydrogen) atoms. The second kappa shape index (κ2) is 13.0. The Hall–Kier alpha value is -1.22. The smallest absolute Gasteiger partial charge is 0.303 e. The van der Waals surface area contributed by atoms with E-state index >= 15 is 0 Å². The third-order valence-electron chi connectivity index (χ3n) is 4.09. The summed E-state index contributed by atoms with van der Waals surface area (Å²) in [6.45, 7) is 0. The Morgan fingerprint density at radius 2 is 1.69 bits per heavy atom. The van der Waals surface area contributed by atoms with Gasteiger partial charge in [-0.3, -0.25) is 19.2 Å². The zero-order valence-electron chi connectivity index (χ0n) is 14.8. The van der Waals surface area contributed by atoms with Gasteiger partial charge in [-0.25, -0.2) is 0 Å². The molecule has 9 heteroatoms. The molecule has 1 rings (SSSR count). The molecule has 2 atom stereocenters. The molecular formula is C17H27NO6S2. The fraction of sp³-hybridized carbons (Fsp3) is 0.765. The predicted molar refractivity (Wildman–Crippen MR) is 102 cm³/mol. The van der Waals surface area contributed by atoms with E-state index in [1.54, 1.807) is 0 Å². The molecular weight excluding hydrogens is 378 g/mol. The number of carbonyl (C=O) groups excluding carboxylic acids is 2. The summed E-state index contributed by atoms with van der Waals surface area (Å²) in [5.74, 6) is -1.39. The Kier molecular flexibility index (Phi) is 11.4. The number of carbonyl (C=O) groups is 4. The Morgan fingerprint density at radius 1 is 0.962 bits per heavy atom. The average molecular weight is 406 g/mol. The lowest BCUT2D eigenvalue weighted by Gasteiger charge is -2.17. The number of Topliss-reactive ketones (excluding diaryl/α,β-unsaturated/α-hetero) is 1. The summed E-state index contributed by atoms with van der Waals surface area (Å²) < 4.78 is 0. The first-order valence-electron chi connectivity index (χ1n) is 8.92. The normalized spacial score (nSPS) is 17.6. The van der Waals surface area contributed by atoms with E-state index in [1.165, 1.54) is 12.2 Å². The molecule has 1 aliphatic heterocycles. The molecule has 0 aliphatic carbocycles. The van der Waals surface area contributed by atoms with E-state index in [0.717, 1.165) is 19.3 Å². The minimum Gasteiger partial charge on any atom is -0.481 e. The average Bonchev–Trinajstić information content (AvgIpc) is 3.08. The van der Waals surface area contributed by atoms with Crippen molar-refractivity contribution in [3.63, 3.8) is 0 Å². The van der Waals surface area contributed by atoms with Crippen molar-refractivity contribution in [3.05, 3.63) is 0 Å². The van der Waals surface area contributed by atoms with E-state index in [0.29, 0.717) is 11.7 Å². The number of ketones is 1. The number of rotatable bonds is 14. The van der Waals surface area contributed by atoms with Crippen molar-refractivity contribution < 1.29 is 29.4 Å². The molecule has 0 aromatic rings. The van der Waals surface area contributed by atoms with Gasteiger partial charge < -0.3 is 15.5 Å². The first-order valence-corrected chi connectivity index (χ1v) is 11.3. The highest BCUT2D eigenvalue weighted by Crippen LogP contribution is 2.39. The summed E-state index contributed by atoms with van der Waals surface area (Å²) in [7, 11) is 3.80. The molecule has 1 fully saturated rings. The number of carboxylic acids is 2. The number of hydrogen-bond donors (Lipinski definition) is 3. The van der Waals surface area contributed by atoms with Gasteiger partial charge >= 0.3 is 11.9 Å². The fourth-order valence-electron chi connectivity index (χ4n) is 2.66. The molecule has 7 nitrogen and oxygen atoms in total. The number of unbranched alkanes of at least 4 members (excludes halogenated alkanes) is 1. The lowest BCUT2D eigenvalue weighted by Crippen LogP contribution is -2.41. The second-order valence-electron chi connectivity index (χ2n) is 6.34. The minimum absolute atomic E-state index is 0.0213. The first-order chi connectivity index (χ1) is 12.4.